The first-order valence-corrected chi connectivity index (χ1v) is 8.06. The molecule has 2 nitrogen and oxygen atoms in total. The molecule has 0 spiro atoms. The van der Waals surface area contributed by atoms with Gasteiger partial charge in [0.1, 0.15) is 5.78 Å². The Morgan fingerprint density at radius 1 is 1.22 bits per heavy atom. The number of hydrogen-bond acceptors (Lipinski definition) is 2. The van der Waals surface area contributed by atoms with E-state index < -0.39 is 10.8 Å². The van der Waals surface area contributed by atoms with Crippen LogP contribution in [0.15, 0.2) is 18.2 Å². The number of halogens is 2. The average Bonchev–Trinajstić information content (AvgIpc) is 2.34. The molecule has 1 aliphatic carbocycles. The first-order chi connectivity index (χ1) is 8.59. The molecule has 0 radical (unpaired) electrons. The third-order valence-corrected chi connectivity index (χ3v) is 5.58. The molecular formula is C13H14Cl2O2S. The third kappa shape index (κ3) is 3.14. The lowest BCUT2D eigenvalue weighted by Gasteiger charge is -2.20. The lowest BCUT2D eigenvalue weighted by atomic mass is 9.99. The van der Waals surface area contributed by atoms with Crippen molar-refractivity contribution in [2.75, 3.05) is 0 Å². The van der Waals surface area contributed by atoms with E-state index in [0.29, 0.717) is 28.5 Å². The Morgan fingerprint density at radius 2 is 1.89 bits per heavy atom. The van der Waals surface area contributed by atoms with Gasteiger partial charge in [0.25, 0.3) is 0 Å². The van der Waals surface area contributed by atoms with Gasteiger partial charge in [0.05, 0.1) is 11.0 Å². The molecule has 1 fully saturated rings. The summed E-state index contributed by atoms with van der Waals surface area (Å²) in [6.45, 7) is 0. The van der Waals surface area contributed by atoms with Crippen LogP contribution in [0.1, 0.15) is 31.2 Å². The molecule has 0 bridgehead atoms. The first kappa shape index (κ1) is 14.0. The largest absolute Gasteiger partial charge is 0.298 e. The summed E-state index contributed by atoms with van der Waals surface area (Å²) in [4.78, 5) is 11.7. The monoisotopic (exact) mass is 304 g/mol. The van der Waals surface area contributed by atoms with Crippen molar-refractivity contribution in [3.8, 4) is 0 Å². The predicted molar refractivity (Wildman–Crippen MR) is 75.6 cm³/mol. The Hall–Kier alpha value is -0.380. The Kier molecular flexibility index (Phi) is 4.82. The lowest BCUT2D eigenvalue weighted by molar-refractivity contribution is -0.119. The van der Waals surface area contributed by atoms with E-state index in [1.807, 2.05) is 0 Å². The number of rotatable bonds is 3. The Labute approximate surface area is 119 Å². The molecule has 2 rings (SSSR count). The zero-order valence-electron chi connectivity index (χ0n) is 9.83. The van der Waals surface area contributed by atoms with E-state index in [2.05, 4.69) is 0 Å². The summed E-state index contributed by atoms with van der Waals surface area (Å²) < 4.78 is 12.3. The molecule has 0 saturated heterocycles. The van der Waals surface area contributed by atoms with Gasteiger partial charge in [-0.3, -0.25) is 9.00 Å². The molecule has 2 unspecified atom stereocenters. The quantitative estimate of drug-likeness (QED) is 0.852. The van der Waals surface area contributed by atoms with Crippen LogP contribution in [0.25, 0.3) is 0 Å². The molecule has 0 N–H and O–H groups in total. The molecule has 1 aromatic rings. The standard InChI is InChI=1S/C13H14Cl2O2S/c14-10-4-3-5-11(15)9(10)8-18(17)13-7-2-1-6-12(13)16/h3-5,13H,1-2,6-8H2. The summed E-state index contributed by atoms with van der Waals surface area (Å²) in [5.41, 5.74) is 0.678. The highest BCUT2D eigenvalue weighted by Crippen LogP contribution is 2.28. The van der Waals surface area contributed by atoms with Crippen molar-refractivity contribution in [3.63, 3.8) is 0 Å². The van der Waals surface area contributed by atoms with Gasteiger partial charge in [0, 0.05) is 32.8 Å². The van der Waals surface area contributed by atoms with Crippen molar-refractivity contribution >= 4 is 39.8 Å². The minimum atomic E-state index is -1.23. The fourth-order valence-corrected chi connectivity index (χ4v) is 4.47. The van der Waals surface area contributed by atoms with Gasteiger partial charge in [0.15, 0.2) is 0 Å². The molecule has 2 atom stereocenters. The van der Waals surface area contributed by atoms with Crippen molar-refractivity contribution in [1.29, 1.82) is 0 Å². The van der Waals surface area contributed by atoms with E-state index in [4.69, 9.17) is 23.2 Å². The van der Waals surface area contributed by atoms with E-state index in [1.54, 1.807) is 18.2 Å². The number of carbonyl (C=O) groups is 1. The Bertz CT molecular complexity index is 468. The number of carbonyl (C=O) groups excluding carboxylic acids is 1. The predicted octanol–water partition coefficient (Wildman–Crippen LogP) is 3.75. The Morgan fingerprint density at radius 3 is 2.50 bits per heavy atom. The molecule has 98 valence electrons. The van der Waals surface area contributed by atoms with Gasteiger partial charge < -0.3 is 0 Å². The van der Waals surface area contributed by atoms with E-state index in [-0.39, 0.29) is 16.8 Å². The maximum absolute atomic E-state index is 12.3. The van der Waals surface area contributed by atoms with Gasteiger partial charge in [-0.2, -0.15) is 0 Å². The van der Waals surface area contributed by atoms with Gasteiger partial charge in [0.2, 0.25) is 0 Å². The maximum Gasteiger partial charge on any atom is 0.148 e. The number of hydrogen-bond donors (Lipinski definition) is 0. The highest BCUT2D eigenvalue weighted by Gasteiger charge is 2.28. The van der Waals surface area contributed by atoms with Crippen LogP contribution in [0.4, 0.5) is 0 Å². The van der Waals surface area contributed by atoms with Gasteiger partial charge in [-0.05, 0) is 25.0 Å². The molecule has 0 aromatic heterocycles. The normalized spacial score (nSPS) is 21.9. The molecule has 5 heteroatoms. The van der Waals surface area contributed by atoms with Crippen molar-refractivity contribution in [1.82, 2.24) is 0 Å². The van der Waals surface area contributed by atoms with Gasteiger partial charge >= 0.3 is 0 Å². The lowest BCUT2D eigenvalue weighted by Crippen LogP contribution is -2.30. The topological polar surface area (TPSA) is 34.1 Å². The van der Waals surface area contributed by atoms with Crippen LogP contribution in [0.3, 0.4) is 0 Å². The van der Waals surface area contributed by atoms with E-state index in [0.717, 1.165) is 12.8 Å². The molecule has 0 heterocycles. The Balaban J connectivity index is 2.13. The second kappa shape index (κ2) is 6.18. The van der Waals surface area contributed by atoms with Crippen LogP contribution in [0.2, 0.25) is 10.0 Å². The first-order valence-electron chi connectivity index (χ1n) is 5.92. The molecule has 1 aliphatic rings. The second-order valence-electron chi connectivity index (χ2n) is 4.43. The van der Waals surface area contributed by atoms with Crippen LogP contribution in [-0.2, 0) is 21.3 Å². The maximum atomic E-state index is 12.3. The van der Waals surface area contributed by atoms with E-state index >= 15 is 0 Å². The summed E-state index contributed by atoms with van der Waals surface area (Å²) in [5.74, 6) is 0.373. The second-order valence-corrected chi connectivity index (χ2v) is 6.86. The third-order valence-electron chi connectivity index (χ3n) is 3.16. The summed E-state index contributed by atoms with van der Waals surface area (Å²) in [5, 5.41) is 0.685. The van der Waals surface area contributed by atoms with Crippen LogP contribution in [0, 0.1) is 0 Å². The number of benzene rings is 1. The SMILES string of the molecule is O=C1CCCCC1S(=O)Cc1c(Cl)cccc1Cl. The molecular weight excluding hydrogens is 291 g/mol. The summed E-state index contributed by atoms with van der Waals surface area (Å²) in [6.07, 6.45) is 3.15. The minimum Gasteiger partial charge on any atom is -0.298 e. The molecule has 1 saturated carbocycles. The molecule has 18 heavy (non-hydrogen) atoms. The molecule has 0 aliphatic heterocycles. The van der Waals surface area contributed by atoms with Crippen molar-refractivity contribution < 1.29 is 9.00 Å². The van der Waals surface area contributed by atoms with Gasteiger partial charge in [-0.1, -0.05) is 35.7 Å². The zero-order valence-corrected chi connectivity index (χ0v) is 12.2. The fraction of sp³-hybridized carbons (Fsp3) is 0.462. The van der Waals surface area contributed by atoms with Crippen LogP contribution < -0.4 is 0 Å². The van der Waals surface area contributed by atoms with Crippen molar-refractivity contribution in [2.24, 2.45) is 0 Å². The van der Waals surface area contributed by atoms with Crippen LogP contribution >= 0.6 is 23.2 Å². The van der Waals surface area contributed by atoms with Crippen molar-refractivity contribution in [2.45, 2.75) is 36.7 Å². The van der Waals surface area contributed by atoms with Crippen molar-refractivity contribution in [3.05, 3.63) is 33.8 Å². The number of Topliss-reactive ketones (excluding diaryl/α,β-unsaturated/α-hetero) is 1. The molecule has 1 aromatic carbocycles. The van der Waals surface area contributed by atoms with Crippen LogP contribution in [-0.4, -0.2) is 15.2 Å². The summed E-state index contributed by atoms with van der Waals surface area (Å²) >= 11 is 12.1. The fourth-order valence-electron chi connectivity index (χ4n) is 2.14. The average molecular weight is 305 g/mol. The summed E-state index contributed by atoms with van der Waals surface area (Å²) in [6, 6.07) is 5.20. The zero-order chi connectivity index (χ0) is 13.1. The number of ketones is 1. The van der Waals surface area contributed by atoms with Gasteiger partial charge in [-0.25, -0.2) is 0 Å². The van der Waals surface area contributed by atoms with E-state index in [1.165, 1.54) is 0 Å². The highest BCUT2D eigenvalue weighted by molar-refractivity contribution is 7.85. The smallest absolute Gasteiger partial charge is 0.148 e. The summed E-state index contributed by atoms with van der Waals surface area (Å²) in [7, 11) is -1.23. The molecule has 0 amide bonds. The minimum absolute atomic E-state index is 0.114. The van der Waals surface area contributed by atoms with Gasteiger partial charge in [-0.15, -0.1) is 0 Å². The highest BCUT2D eigenvalue weighted by atomic mass is 35.5. The van der Waals surface area contributed by atoms with E-state index in [9.17, 15) is 9.00 Å². The van der Waals surface area contributed by atoms with Crippen LogP contribution in [0.5, 0.6) is 0 Å².